The molecule has 0 fully saturated rings. The number of ether oxygens (including phenoxy) is 1. The van der Waals surface area contributed by atoms with E-state index in [1.807, 2.05) is 0 Å². The predicted octanol–water partition coefficient (Wildman–Crippen LogP) is 1.91. The van der Waals surface area contributed by atoms with Crippen LogP contribution in [-0.4, -0.2) is 48.4 Å². The first-order valence-electron chi connectivity index (χ1n) is 11.0. The standard InChI is InChI=1S/C22H25N5O9S3/c1-14-9-5-7-11-18(14)38(31,32)36-16(3)17-10-6-8-12-19(17)37(29,30)27-39(33,34)26-22(28)25-21-23-15(2)13-20(24-21)35-4/h5-13,16,27H,1-4H3,(H2,23,24,25,26,28). The Morgan fingerprint density at radius 3 is 2.15 bits per heavy atom. The summed E-state index contributed by atoms with van der Waals surface area (Å²) in [6.07, 6.45) is -1.34. The smallest absolute Gasteiger partial charge is 0.336 e. The number of sulfonamides is 1. The first-order chi connectivity index (χ1) is 18.1. The molecular formula is C22H25N5O9S3. The summed E-state index contributed by atoms with van der Waals surface area (Å²) in [6.45, 7) is 4.44. The van der Waals surface area contributed by atoms with E-state index < -0.39 is 47.4 Å². The molecule has 0 saturated carbocycles. The number of hydrogen-bond donors (Lipinski definition) is 3. The molecule has 0 aliphatic rings. The maximum atomic E-state index is 13.0. The van der Waals surface area contributed by atoms with Crippen LogP contribution in [0.5, 0.6) is 5.88 Å². The number of aromatic nitrogens is 2. The molecule has 1 aromatic heterocycles. The van der Waals surface area contributed by atoms with Crippen molar-refractivity contribution in [2.45, 2.75) is 36.7 Å². The fourth-order valence-electron chi connectivity index (χ4n) is 3.35. The van der Waals surface area contributed by atoms with Crippen molar-refractivity contribution < 1.29 is 39.0 Å². The summed E-state index contributed by atoms with van der Waals surface area (Å²) in [5.41, 5.74) is 0.664. The molecule has 0 spiro atoms. The molecule has 0 radical (unpaired) electrons. The lowest BCUT2D eigenvalue weighted by molar-refractivity contribution is 0.230. The maximum absolute atomic E-state index is 13.0. The van der Waals surface area contributed by atoms with E-state index in [0.717, 1.165) is 6.07 Å². The first-order valence-corrected chi connectivity index (χ1v) is 15.4. The first kappa shape index (κ1) is 29.9. The minimum absolute atomic E-state index is 0.0961. The number of methoxy groups -OCH3 is 1. The number of nitrogens with zero attached hydrogens (tertiary/aromatic N) is 2. The average Bonchev–Trinajstić information content (AvgIpc) is 2.82. The molecule has 1 atom stereocenters. The molecule has 3 rings (SSSR count). The highest BCUT2D eigenvalue weighted by Crippen LogP contribution is 2.29. The fourth-order valence-corrected chi connectivity index (χ4v) is 7.42. The third kappa shape index (κ3) is 7.70. The second-order valence-electron chi connectivity index (χ2n) is 8.02. The van der Waals surface area contributed by atoms with E-state index in [4.69, 9.17) is 8.92 Å². The van der Waals surface area contributed by atoms with E-state index in [2.05, 4.69) is 15.3 Å². The minimum atomic E-state index is -5.00. The van der Waals surface area contributed by atoms with E-state index in [9.17, 15) is 30.0 Å². The largest absolute Gasteiger partial charge is 0.481 e. The molecule has 3 N–H and O–H groups in total. The molecule has 0 aliphatic carbocycles. The molecule has 39 heavy (non-hydrogen) atoms. The van der Waals surface area contributed by atoms with Crippen molar-refractivity contribution in [3.8, 4) is 5.88 Å². The highest BCUT2D eigenvalue weighted by Gasteiger charge is 2.30. The summed E-state index contributed by atoms with van der Waals surface area (Å²) in [5.74, 6) is -0.202. The summed E-state index contributed by atoms with van der Waals surface area (Å²) < 4.78 is 89.7. The zero-order valence-electron chi connectivity index (χ0n) is 21.1. The van der Waals surface area contributed by atoms with Gasteiger partial charge in [0, 0.05) is 17.3 Å². The number of amides is 2. The molecule has 14 nitrogen and oxygen atoms in total. The Hall–Kier alpha value is -3.64. The van der Waals surface area contributed by atoms with Crippen LogP contribution < -0.4 is 18.9 Å². The molecule has 3 aromatic rings. The number of nitrogens with one attached hydrogen (secondary N) is 3. The number of rotatable bonds is 10. The monoisotopic (exact) mass is 599 g/mol. The van der Waals surface area contributed by atoms with Crippen molar-refractivity contribution in [1.82, 2.24) is 18.8 Å². The molecular weight excluding hydrogens is 574 g/mol. The molecule has 210 valence electrons. The van der Waals surface area contributed by atoms with Crippen LogP contribution in [0, 0.1) is 13.8 Å². The second-order valence-corrected chi connectivity index (χ2v) is 12.9. The van der Waals surface area contributed by atoms with E-state index in [0.29, 0.717) is 11.3 Å². The zero-order chi connectivity index (χ0) is 29.0. The van der Waals surface area contributed by atoms with Gasteiger partial charge in [-0.1, -0.05) is 40.5 Å². The number of carbonyl (C=O) groups is 1. The van der Waals surface area contributed by atoms with Crippen LogP contribution in [-0.2, 0) is 34.5 Å². The maximum Gasteiger partial charge on any atom is 0.336 e. The van der Waals surface area contributed by atoms with Gasteiger partial charge in [-0.2, -0.15) is 21.8 Å². The highest BCUT2D eigenvalue weighted by molar-refractivity contribution is 8.04. The minimum Gasteiger partial charge on any atom is -0.481 e. The topological polar surface area (TPSA) is 200 Å². The van der Waals surface area contributed by atoms with Gasteiger partial charge in [-0.3, -0.25) is 9.50 Å². The molecule has 1 heterocycles. The van der Waals surface area contributed by atoms with E-state index in [1.54, 1.807) is 26.0 Å². The third-order valence-corrected chi connectivity index (χ3v) is 9.69. The van der Waals surface area contributed by atoms with Crippen molar-refractivity contribution >= 4 is 42.3 Å². The van der Waals surface area contributed by atoms with E-state index in [-0.39, 0.29) is 22.3 Å². The van der Waals surface area contributed by atoms with Crippen LogP contribution in [0.15, 0.2) is 64.4 Å². The van der Waals surface area contributed by atoms with Crippen molar-refractivity contribution in [2.24, 2.45) is 0 Å². The lowest BCUT2D eigenvalue weighted by Crippen LogP contribution is -2.45. The molecule has 17 heteroatoms. The molecule has 2 amide bonds. The number of hydrogen-bond acceptors (Lipinski definition) is 11. The third-order valence-electron chi connectivity index (χ3n) is 4.99. The van der Waals surface area contributed by atoms with Crippen LogP contribution >= 0.6 is 0 Å². The summed E-state index contributed by atoms with van der Waals surface area (Å²) >= 11 is 0. The van der Waals surface area contributed by atoms with Gasteiger partial charge in [-0.25, -0.2) is 22.9 Å². The zero-order valence-corrected chi connectivity index (χ0v) is 23.5. The Morgan fingerprint density at radius 2 is 1.51 bits per heavy atom. The van der Waals surface area contributed by atoms with Crippen LogP contribution in [0.1, 0.15) is 29.8 Å². The average molecular weight is 600 g/mol. The lowest BCUT2D eigenvalue weighted by Gasteiger charge is -2.18. The van der Waals surface area contributed by atoms with Gasteiger partial charge in [0.05, 0.1) is 16.9 Å². The Morgan fingerprint density at radius 1 is 0.897 bits per heavy atom. The summed E-state index contributed by atoms with van der Waals surface area (Å²) in [7, 11) is -12.9. The molecule has 1 unspecified atom stereocenters. The molecule has 0 bridgehead atoms. The van der Waals surface area contributed by atoms with E-state index in [1.165, 1.54) is 59.3 Å². The summed E-state index contributed by atoms with van der Waals surface area (Å²) in [6, 6.07) is 11.2. The molecule has 0 saturated heterocycles. The van der Waals surface area contributed by atoms with Gasteiger partial charge in [-0.05, 0) is 38.5 Å². The Balaban J connectivity index is 1.80. The van der Waals surface area contributed by atoms with Crippen molar-refractivity contribution in [3.63, 3.8) is 0 Å². The van der Waals surface area contributed by atoms with Crippen LogP contribution in [0.2, 0.25) is 0 Å². The van der Waals surface area contributed by atoms with Gasteiger partial charge in [0.15, 0.2) is 0 Å². The number of anilines is 1. The molecule has 2 aromatic carbocycles. The van der Waals surface area contributed by atoms with Gasteiger partial charge in [-0.15, -0.1) is 0 Å². The van der Waals surface area contributed by atoms with Crippen LogP contribution in [0.3, 0.4) is 0 Å². The van der Waals surface area contributed by atoms with Gasteiger partial charge in [0.25, 0.3) is 20.1 Å². The normalized spacial score (nSPS) is 12.9. The quantitative estimate of drug-likeness (QED) is 0.288. The highest BCUT2D eigenvalue weighted by atomic mass is 32.3. The lowest BCUT2D eigenvalue weighted by atomic mass is 10.1. The molecule has 0 aliphatic heterocycles. The summed E-state index contributed by atoms with van der Waals surface area (Å²) in [4.78, 5) is 19.2. The Kier molecular flexibility index (Phi) is 8.91. The van der Waals surface area contributed by atoms with Crippen LogP contribution in [0.25, 0.3) is 0 Å². The predicted molar refractivity (Wildman–Crippen MR) is 139 cm³/mol. The van der Waals surface area contributed by atoms with E-state index >= 15 is 0 Å². The van der Waals surface area contributed by atoms with Crippen molar-refractivity contribution in [2.75, 3.05) is 12.4 Å². The van der Waals surface area contributed by atoms with Gasteiger partial charge in [0.1, 0.15) is 6.10 Å². The van der Waals surface area contributed by atoms with Crippen molar-refractivity contribution in [3.05, 3.63) is 71.4 Å². The SMILES string of the molecule is COc1cc(C)nc(NC(=O)NS(=O)(=O)NS(=O)(=O)c2ccccc2C(C)OS(=O)(=O)c2ccccc2C)n1. The second kappa shape index (κ2) is 11.6. The van der Waals surface area contributed by atoms with Gasteiger partial charge in [0.2, 0.25) is 11.8 Å². The summed E-state index contributed by atoms with van der Waals surface area (Å²) in [5, 5.41) is 2.06. The number of benzene rings is 2. The van der Waals surface area contributed by atoms with Crippen molar-refractivity contribution in [1.29, 1.82) is 0 Å². The number of carbonyl (C=O) groups excluding carboxylic acids is 1. The number of aryl methyl sites for hydroxylation is 2. The van der Waals surface area contributed by atoms with Gasteiger partial charge < -0.3 is 4.74 Å². The number of urea groups is 1. The van der Waals surface area contributed by atoms with Gasteiger partial charge >= 0.3 is 16.2 Å². The van der Waals surface area contributed by atoms with Crippen LogP contribution in [0.4, 0.5) is 10.7 Å². The Bertz CT molecular complexity index is 1710. The fraction of sp³-hybridized carbons (Fsp3) is 0.227. The Labute approximate surface area is 226 Å².